The highest BCUT2D eigenvalue weighted by atomic mass is 35.5. The van der Waals surface area contributed by atoms with Gasteiger partial charge in [0.1, 0.15) is 5.82 Å². The molecule has 2 aromatic rings. The smallest absolute Gasteiger partial charge is 0.142 e. The molecular formula is C15H11ClFNO. The van der Waals surface area contributed by atoms with Gasteiger partial charge < -0.3 is 5.11 Å². The molecule has 2 rings (SSSR count). The minimum Gasteiger partial charge on any atom is -0.388 e. The zero-order valence-electron chi connectivity index (χ0n) is 9.98. The molecule has 1 atom stereocenters. The predicted octanol–water partition coefficient (Wildman–Crippen LogP) is 3.63. The highest BCUT2D eigenvalue weighted by Gasteiger charge is 2.10. The summed E-state index contributed by atoms with van der Waals surface area (Å²) in [6, 6.07) is 13.2. The van der Waals surface area contributed by atoms with Crippen molar-refractivity contribution < 1.29 is 9.50 Å². The molecule has 0 heterocycles. The zero-order chi connectivity index (χ0) is 13.8. The van der Waals surface area contributed by atoms with Crippen molar-refractivity contribution in [2.45, 2.75) is 12.5 Å². The average Bonchev–Trinajstić information content (AvgIpc) is 2.43. The van der Waals surface area contributed by atoms with Gasteiger partial charge in [-0.15, -0.1) is 0 Å². The minimum absolute atomic E-state index is 0.0599. The Morgan fingerprint density at radius 2 is 2.05 bits per heavy atom. The Balaban J connectivity index is 2.18. The van der Waals surface area contributed by atoms with Gasteiger partial charge in [0.25, 0.3) is 0 Å². The lowest BCUT2D eigenvalue weighted by atomic mass is 10.00. The van der Waals surface area contributed by atoms with Crippen LogP contribution in [-0.2, 0) is 6.42 Å². The molecule has 2 aromatic carbocycles. The second-order valence-corrected chi connectivity index (χ2v) is 4.61. The van der Waals surface area contributed by atoms with Gasteiger partial charge in [0.15, 0.2) is 0 Å². The van der Waals surface area contributed by atoms with Gasteiger partial charge in [0.05, 0.1) is 22.8 Å². The van der Waals surface area contributed by atoms with Gasteiger partial charge in [-0.05, 0) is 35.4 Å². The van der Waals surface area contributed by atoms with Crippen LogP contribution in [0.3, 0.4) is 0 Å². The van der Waals surface area contributed by atoms with E-state index >= 15 is 0 Å². The van der Waals surface area contributed by atoms with Crippen LogP contribution in [0.2, 0.25) is 5.02 Å². The number of nitriles is 1. The number of benzene rings is 2. The average molecular weight is 276 g/mol. The van der Waals surface area contributed by atoms with Gasteiger partial charge in [-0.2, -0.15) is 5.26 Å². The van der Waals surface area contributed by atoms with Crippen LogP contribution < -0.4 is 0 Å². The van der Waals surface area contributed by atoms with Gasteiger partial charge in [0.2, 0.25) is 0 Å². The van der Waals surface area contributed by atoms with Crippen molar-refractivity contribution in [1.29, 1.82) is 5.26 Å². The van der Waals surface area contributed by atoms with Crippen LogP contribution in [0.15, 0.2) is 42.5 Å². The molecule has 0 saturated heterocycles. The van der Waals surface area contributed by atoms with Crippen LogP contribution in [0, 0.1) is 17.1 Å². The van der Waals surface area contributed by atoms with Crippen LogP contribution in [0.1, 0.15) is 22.8 Å². The van der Waals surface area contributed by atoms with Gasteiger partial charge in [0, 0.05) is 6.42 Å². The van der Waals surface area contributed by atoms with E-state index in [0.29, 0.717) is 16.7 Å². The maximum absolute atomic E-state index is 13.3. The first kappa shape index (κ1) is 13.5. The molecule has 96 valence electrons. The molecule has 0 bridgehead atoms. The van der Waals surface area contributed by atoms with Gasteiger partial charge in [-0.1, -0.05) is 29.8 Å². The Labute approximate surface area is 115 Å². The van der Waals surface area contributed by atoms with E-state index in [1.807, 2.05) is 6.07 Å². The predicted molar refractivity (Wildman–Crippen MR) is 71.2 cm³/mol. The summed E-state index contributed by atoms with van der Waals surface area (Å²) in [6.45, 7) is 0. The van der Waals surface area contributed by atoms with E-state index in [-0.39, 0.29) is 11.4 Å². The Bertz CT molecular complexity index is 636. The largest absolute Gasteiger partial charge is 0.388 e. The fourth-order valence-electron chi connectivity index (χ4n) is 1.82. The standard InChI is InChI=1S/C15H11ClFNO/c16-13-5-4-10(7-14(13)17)8-15(19)12-3-1-2-11(6-12)9-18/h1-7,15,19H,8H2. The Morgan fingerprint density at radius 1 is 1.26 bits per heavy atom. The molecule has 1 N–H and O–H groups in total. The summed E-state index contributed by atoms with van der Waals surface area (Å²) >= 11 is 5.60. The lowest BCUT2D eigenvalue weighted by molar-refractivity contribution is 0.178. The molecular weight excluding hydrogens is 265 g/mol. The lowest BCUT2D eigenvalue weighted by Gasteiger charge is -2.11. The van der Waals surface area contributed by atoms with Crippen molar-refractivity contribution in [1.82, 2.24) is 0 Å². The summed E-state index contributed by atoms with van der Waals surface area (Å²) in [4.78, 5) is 0. The second kappa shape index (κ2) is 5.83. The van der Waals surface area contributed by atoms with E-state index < -0.39 is 11.9 Å². The van der Waals surface area contributed by atoms with E-state index in [2.05, 4.69) is 0 Å². The molecule has 0 aliphatic rings. The SMILES string of the molecule is N#Cc1cccc(C(O)Cc2ccc(Cl)c(F)c2)c1. The highest BCUT2D eigenvalue weighted by Crippen LogP contribution is 2.22. The Kier molecular flexibility index (Phi) is 4.16. The molecule has 0 aliphatic heterocycles. The number of hydrogen-bond donors (Lipinski definition) is 1. The van der Waals surface area contributed by atoms with Crippen molar-refractivity contribution in [3.63, 3.8) is 0 Å². The molecule has 0 saturated carbocycles. The number of nitrogens with zero attached hydrogens (tertiary/aromatic N) is 1. The molecule has 0 aromatic heterocycles. The van der Waals surface area contributed by atoms with Gasteiger partial charge >= 0.3 is 0 Å². The number of hydrogen-bond acceptors (Lipinski definition) is 2. The molecule has 0 spiro atoms. The molecule has 0 aliphatic carbocycles. The first-order chi connectivity index (χ1) is 9.10. The molecule has 0 radical (unpaired) electrons. The lowest BCUT2D eigenvalue weighted by Crippen LogP contribution is -2.02. The van der Waals surface area contributed by atoms with E-state index in [1.165, 1.54) is 12.1 Å². The molecule has 2 nitrogen and oxygen atoms in total. The third-order valence-corrected chi connectivity index (χ3v) is 3.12. The topological polar surface area (TPSA) is 44.0 Å². The van der Waals surface area contributed by atoms with Crippen molar-refractivity contribution >= 4 is 11.6 Å². The van der Waals surface area contributed by atoms with E-state index in [1.54, 1.807) is 30.3 Å². The quantitative estimate of drug-likeness (QED) is 0.930. The normalized spacial score (nSPS) is 11.9. The van der Waals surface area contributed by atoms with Crippen molar-refractivity contribution in [2.24, 2.45) is 0 Å². The van der Waals surface area contributed by atoms with E-state index in [0.717, 1.165) is 0 Å². The number of aliphatic hydroxyl groups is 1. The van der Waals surface area contributed by atoms with Crippen molar-refractivity contribution in [3.05, 3.63) is 70.0 Å². The first-order valence-corrected chi connectivity index (χ1v) is 6.10. The van der Waals surface area contributed by atoms with E-state index in [4.69, 9.17) is 16.9 Å². The third-order valence-electron chi connectivity index (χ3n) is 2.81. The Morgan fingerprint density at radius 3 is 2.74 bits per heavy atom. The van der Waals surface area contributed by atoms with Crippen LogP contribution in [-0.4, -0.2) is 5.11 Å². The maximum Gasteiger partial charge on any atom is 0.142 e. The van der Waals surface area contributed by atoms with E-state index in [9.17, 15) is 9.50 Å². The summed E-state index contributed by atoms with van der Waals surface area (Å²) in [5.41, 5.74) is 1.77. The molecule has 4 heteroatoms. The zero-order valence-corrected chi connectivity index (χ0v) is 10.7. The molecule has 0 fully saturated rings. The first-order valence-electron chi connectivity index (χ1n) is 5.72. The molecule has 0 amide bonds. The number of aliphatic hydroxyl groups excluding tert-OH is 1. The van der Waals surface area contributed by atoms with Gasteiger partial charge in [-0.25, -0.2) is 4.39 Å². The van der Waals surface area contributed by atoms with Crippen molar-refractivity contribution in [2.75, 3.05) is 0 Å². The molecule has 19 heavy (non-hydrogen) atoms. The fourth-order valence-corrected chi connectivity index (χ4v) is 1.94. The summed E-state index contributed by atoms with van der Waals surface area (Å²) in [5, 5.41) is 19.0. The van der Waals surface area contributed by atoms with Crippen LogP contribution in [0.25, 0.3) is 0 Å². The maximum atomic E-state index is 13.3. The number of rotatable bonds is 3. The van der Waals surface area contributed by atoms with Crippen LogP contribution >= 0.6 is 11.6 Å². The molecule has 1 unspecified atom stereocenters. The third kappa shape index (κ3) is 3.31. The summed E-state index contributed by atoms with van der Waals surface area (Å²) in [6.07, 6.45) is -0.517. The summed E-state index contributed by atoms with van der Waals surface area (Å²) in [7, 11) is 0. The Hall–Kier alpha value is -1.89. The summed E-state index contributed by atoms with van der Waals surface area (Å²) in [5.74, 6) is -0.503. The summed E-state index contributed by atoms with van der Waals surface area (Å²) < 4.78 is 13.3. The van der Waals surface area contributed by atoms with Crippen LogP contribution in [0.5, 0.6) is 0 Å². The highest BCUT2D eigenvalue weighted by molar-refractivity contribution is 6.30. The van der Waals surface area contributed by atoms with Gasteiger partial charge in [-0.3, -0.25) is 0 Å². The minimum atomic E-state index is -0.783. The monoisotopic (exact) mass is 275 g/mol. The van der Waals surface area contributed by atoms with Crippen molar-refractivity contribution in [3.8, 4) is 6.07 Å². The van der Waals surface area contributed by atoms with Crippen LogP contribution in [0.4, 0.5) is 4.39 Å². The number of halogens is 2. The second-order valence-electron chi connectivity index (χ2n) is 4.21. The fraction of sp³-hybridized carbons (Fsp3) is 0.133.